The largest absolute Gasteiger partial charge is 0.312 e. The molecule has 4 atom stereocenters. The fourth-order valence-corrected chi connectivity index (χ4v) is 3.15. The van der Waals surface area contributed by atoms with Crippen LogP contribution in [0, 0.1) is 17.8 Å². The summed E-state index contributed by atoms with van der Waals surface area (Å²) in [6, 6.07) is 0.872. The van der Waals surface area contributed by atoms with Gasteiger partial charge in [-0.1, -0.05) is 13.8 Å². The van der Waals surface area contributed by atoms with Gasteiger partial charge >= 0.3 is 0 Å². The number of nitrogens with zero attached hydrogens (tertiary/aromatic N) is 1. The summed E-state index contributed by atoms with van der Waals surface area (Å²) in [6.07, 6.45) is 2.85. The summed E-state index contributed by atoms with van der Waals surface area (Å²) in [4.78, 5) is 2.76. The lowest BCUT2D eigenvalue weighted by Crippen LogP contribution is -2.52. The molecule has 1 saturated carbocycles. The molecule has 2 heteroatoms. The number of rotatable bonds is 3. The first kappa shape index (κ1) is 13.4. The molecule has 2 fully saturated rings. The van der Waals surface area contributed by atoms with E-state index < -0.39 is 0 Å². The SMILES string of the molecule is CC1CN(C2CCC2CNC(C)(C)C)CC1C. The van der Waals surface area contributed by atoms with Crippen LogP contribution in [0.25, 0.3) is 0 Å². The molecule has 0 radical (unpaired) electrons. The minimum Gasteiger partial charge on any atom is -0.312 e. The van der Waals surface area contributed by atoms with Crippen LogP contribution in [0.3, 0.4) is 0 Å². The summed E-state index contributed by atoms with van der Waals surface area (Å²) >= 11 is 0. The Bertz CT molecular complexity index is 246. The van der Waals surface area contributed by atoms with Crippen molar-refractivity contribution in [1.29, 1.82) is 0 Å². The van der Waals surface area contributed by atoms with Gasteiger partial charge in [0.05, 0.1) is 0 Å². The second-order valence-electron chi connectivity index (χ2n) is 7.44. The summed E-state index contributed by atoms with van der Waals surface area (Å²) in [5.41, 5.74) is 0.270. The van der Waals surface area contributed by atoms with Crippen molar-refractivity contribution in [2.75, 3.05) is 19.6 Å². The van der Waals surface area contributed by atoms with E-state index in [9.17, 15) is 0 Å². The Morgan fingerprint density at radius 3 is 2.06 bits per heavy atom. The minimum atomic E-state index is 0.270. The molecule has 1 N–H and O–H groups in total. The summed E-state index contributed by atoms with van der Waals surface area (Å²) in [7, 11) is 0. The third-order valence-electron chi connectivity index (χ3n) is 4.76. The van der Waals surface area contributed by atoms with Crippen molar-refractivity contribution >= 4 is 0 Å². The molecule has 0 aromatic carbocycles. The predicted octanol–water partition coefficient (Wildman–Crippen LogP) is 2.74. The number of likely N-dealkylation sites (tertiary alicyclic amines) is 1. The van der Waals surface area contributed by atoms with Crippen molar-refractivity contribution in [2.24, 2.45) is 17.8 Å². The van der Waals surface area contributed by atoms with Crippen LogP contribution in [0.5, 0.6) is 0 Å². The van der Waals surface area contributed by atoms with Crippen LogP contribution in [0.1, 0.15) is 47.5 Å². The Morgan fingerprint density at radius 2 is 1.65 bits per heavy atom. The van der Waals surface area contributed by atoms with E-state index in [1.165, 1.54) is 32.5 Å². The van der Waals surface area contributed by atoms with E-state index in [2.05, 4.69) is 44.8 Å². The van der Waals surface area contributed by atoms with Gasteiger partial charge in [-0.25, -0.2) is 0 Å². The molecule has 0 aromatic rings. The van der Waals surface area contributed by atoms with Crippen molar-refractivity contribution in [3.8, 4) is 0 Å². The van der Waals surface area contributed by atoms with Gasteiger partial charge in [0, 0.05) is 24.7 Å². The zero-order valence-corrected chi connectivity index (χ0v) is 12.3. The van der Waals surface area contributed by atoms with Crippen molar-refractivity contribution in [3.63, 3.8) is 0 Å². The van der Waals surface area contributed by atoms with Gasteiger partial charge in [-0.05, 0) is 57.9 Å². The maximum absolute atomic E-state index is 3.67. The third kappa shape index (κ3) is 3.23. The highest BCUT2D eigenvalue weighted by Gasteiger charge is 2.39. The molecule has 0 aromatic heterocycles. The second kappa shape index (κ2) is 4.89. The molecular weight excluding hydrogens is 208 g/mol. The van der Waals surface area contributed by atoms with E-state index >= 15 is 0 Å². The molecule has 1 aliphatic heterocycles. The van der Waals surface area contributed by atoms with Gasteiger partial charge in [0.2, 0.25) is 0 Å². The lowest BCUT2D eigenvalue weighted by atomic mass is 9.78. The van der Waals surface area contributed by atoms with E-state index in [1.54, 1.807) is 0 Å². The van der Waals surface area contributed by atoms with Gasteiger partial charge < -0.3 is 5.32 Å². The van der Waals surface area contributed by atoms with Crippen molar-refractivity contribution in [3.05, 3.63) is 0 Å². The highest BCUT2D eigenvalue weighted by molar-refractivity contribution is 4.94. The molecule has 1 saturated heterocycles. The fraction of sp³-hybridized carbons (Fsp3) is 1.00. The van der Waals surface area contributed by atoms with Crippen LogP contribution in [-0.4, -0.2) is 36.1 Å². The monoisotopic (exact) mass is 238 g/mol. The lowest BCUT2D eigenvalue weighted by Gasteiger charge is -2.44. The maximum Gasteiger partial charge on any atom is 0.0136 e. The molecule has 0 spiro atoms. The van der Waals surface area contributed by atoms with E-state index in [-0.39, 0.29) is 5.54 Å². The van der Waals surface area contributed by atoms with Crippen LogP contribution >= 0.6 is 0 Å². The average Bonchev–Trinajstić information content (AvgIpc) is 2.42. The van der Waals surface area contributed by atoms with E-state index in [0.717, 1.165) is 23.8 Å². The zero-order valence-electron chi connectivity index (χ0n) is 12.3. The van der Waals surface area contributed by atoms with Crippen molar-refractivity contribution in [2.45, 2.75) is 59.0 Å². The van der Waals surface area contributed by atoms with E-state index in [1.807, 2.05) is 0 Å². The summed E-state index contributed by atoms with van der Waals surface area (Å²) < 4.78 is 0. The predicted molar refractivity (Wildman–Crippen MR) is 74.2 cm³/mol. The van der Waals surface area contributed by atoms with Gasteiger partial charge in [-0.3, -0.25) is 4.90 Å². The molecule has 2 aliphatic rings. The highest BCUT2D eigenvalue weighted by Crippen LogP contribution is 2.36. The lowest BCUT2D eigenvalue weighted by molar-refractivity contribution is 0.0736. The average molecular weight is 238 g/mol. The Kier molecular flexibility index (Phi) is 3.84. The third-order valence-corrected chi connectivity index (χ3v) is 4.76. The smallest absolute Gasteiger partial charge is 0.0136 e. The summed E-state index contributed by atoms with van der Waals surface area (Å²) in [6.45, 7) is 15.5. The molecule has 17 heavy (non-hydrogen) atoms. The van der Waals surface area contributed by atoms with Crippen molar-refractivity contribution in [1.82, 2.24) is 10.2 Å². The second-order valence-corrected chi connectivity index (χ2v) is 7.44. The summed E-state index contributed by atoms with van der Waals surface area (Å²) in [5, 5.41) is 3.67. The molecule has 4 unspecified atom stereocenters. The number of hydrogen-bond acceptors (Lipinski definition) is 2. The van der Waals surface area contributed by atoms with Gasteiger partial charge in [-0.15, -0.1) is 0 Å². The van der Waals surface area contributed by atoms with E-state index in [4.69, 9.17) is 0 Å². The van der Waals surface area contributed by atoms with Gasteiger partial charge in [0.15, 0.2) is 0 Å². The Labute approximate surface area is 107 Å². The first-order chi connectivity index (χ1) is 7.87. The molecular formula is C15H30N2. The molecule has 2 rings (SSSR count). The van der Waals surface area contributed by atoms with Crippen LogP contribution in [-0.2, 0) is 0 Å². The first-order valence-electron chi connectivity index (χ1n) is 7.36. The topological polar surface area (TPSA) is 15.3 Å². The highest BCUT2D eigenvalue weighted by atomic mass is 15.2. The molecule has 0 amide bonds. The normalized spacial score (nSPS) is 39.4. The first-order valence-corrected chi connectivity index (χ1v) is 7.36. The van der Waals surface area contributed by atoms with Crippen LogP contribution in [0.4, 0.5) is 0 Å². The maximum atomic E-state index is 3.67. The molecule has 100 valence electrons. The fourth-order valence-electron chi connectivity index (χ4n) is 3.15. The van der Waals surface area contributed by atoms with Crippen LogP contribution in [0.2, 0.25) is 0 Å². The molecule has 1 heterocycles. The van der Waals surface area contributed by atoms with Crippen LogP contribution < -0.4 is 5.32 Å². The van der Waals surface area contributed by atoms with Gasteiger partial charge in [-0.2, -0.15) is 0 Å². The number of nitrogens with one attached hydrogen (secondary N) is 1. The Hall–Kier alpha value is -0.0800. The van der Waals surface area contributed by atoms with E-state index in [0.29, 0.717) is 0 Å². The molecule has 0 bridgehead atoms. The quantitative estimate of drug-likeness (QED) is 0.813. The van der Waals surface area contributed by atoms with Crippen LogP contribution in [0.15, 0.2) is 0 Å². The zero-order chi connectivity index (χ0) is 12.6. The molecule has 1 aliphatic carbocycles. The summed E-state index contributed by atoms with van der Waals surface area (Å²) in [5.74, 6) is 2.69. The Balaban J connectivity index is 1.79. The Morgan fingerprint density at radius 1 is 1.06 bits per heavy atom. The molecule has 2 nitrogen and oxygen atoms in total. The van der Waals surface area contributed by atoms with Gasteiger partial charge in [0.1, 0.15) is 0 Å². The standard InChI is InChI=1S/C15H30N2/c1-11-9-17(10-12(11)2)14-7-6-13(14)8-16-15(3,4)5/h11-14,16H,6-10H2,1-5H3. The minimum absolute atomic E-state index is 0.270. The van der Waals surface area contributed by atoms with Gasteiger partial charge in [0.25, 0.3) is 0 Å². The van der Waals surface area contributed by atoms with Crippen molar-refractivity contribution < 1.29 is 0 Å². The number of hydrogen-bond donors (Lipinski definition) is 1.